The number of rotatable bonds is 3. The predicted octanol–water partition coefficient (Wildman–Crippen LogP) is 4.40. The average molecular weight is 307 g/mol. The summed E-state index contributed by atoms with van der Waals surface area (Å²) in [6.07, 6.45) is 0. The zero-order valence-electron chi connectivity index (χ0n) is 10.7. The lowest BCUT2D eigenvalue weighted by molar-refractivity contribution is 0.309. The van der Waals surface area contributed by atoms with E-state index >= 15 is 0 Å². The standard InChI is InChI=1S/C15H11ClO3S/c1-9-6-15(17)19-13-7-10(2-4-12(9)13)18-8-11-3-5-14(16)20-11/h2-7H,8H2,1H3. The maximum atomic E-state index is 11.4. The molecule has 0 N–H and O–H groups in total. The fourth-order valence-electron chi connectivity index (χ4n) is 1.98. The fourth-order valence-corrected chi connectivity index (χ4v) is 2.98. The molecule has 3 nitrogen and oxygen atoms in total. The Morgan fingerprint density at radius 3 is 2.85 bits per heavy atom. The number of aryl methyl sites for hydroxylation is 1. The van der Waals surface area contributed by atoms with E-state index in [0.717, 1.165) is 20.2 Å². The topological polar surface area (TPSA) is 39.4 Å². The maximum Gasteiger partial charge on any atom is 0.336 e. The van der Waals surface area contributed by atoms with E-state index in [4.69, 9.17) is 20.8 Å². The van der Waals surface area contributed by atoms with E-state index in [0.29, 0.717) is 17.9 Å². The van der Waals surface area contributed by atoms with Gasteiger partial charge in [0, 0.05) is 22.4 Å². The molecule has 102 valence electrons. The number of thiophene rings is 1. The van der Waals surface area contributed by atoms with E-state index in [2.05, 4.69) is 0 Å². The molecule has 3 aromatic rings. The third-order valence-corrected chi connectivity index (χ3v) is 4.14. The van der Waals surface area contributed by atoms with Gasteiger partial charge >= 0.3 is 5.63 Å². The van der Waals surface area contributed by atoms with Crippen LogP contribution in [0.1, 0.15) is 10.4 Å². The van der Waals surface area contributed by atoms with Gasteiger partial charge in [0.05, 0.1) is 4.34 Å². The van der Waals surface area contributed by atoms with Crippen molar-refractivity contribution >= 4 is 33.9 Å². The molecule has 0 atom stereocenters. The van der Waals surface area contributed by atoms with E-state index in [-0.39, 0.29) is 5.63 Å². The molecule has 20 heavy (non-hydrogen) atoms. The molecule has 0 amide bonds. The Hall–Kier alpha value is -1.78. The number of ether oxygens (including phenoxy) is 1. The summed E-state index contributed by atoms with van der Waals surface area (Å²) in [5.74, 6) is 0.663. The van der Waals surface area contributed by atoms with Crippen molar-refractivity contribution in [2.24, 2.45) is 0 Å². The molecule has 3 rings (SSSR count). The Balaban J connectivity index is 1.87. The molecule has 5 heteroatoms. The lowest BCUT2D eigenvalue weighted by atomic mass is 10.1. The third kappa shape index (κ3) is 2.71. The number of fused-ring (bicyclic) bond motifs is 1. The van der Waals surface area contributed by atoms with Crippen LogP contribution in [0.4, 0.5) is 0 Å². The van der Waals surface area contributed by atoms with Crippen molar-refractivity contribution in [1.82, 2.24) is 0 Å². The summed E-state index contributed by atoms with van der Waals surface area (Å²) in [5.41, 5.74) is 1.08. The summed E-state index contributed by atoms with van der Waals surface area (Å²) >= 11 is 7.35. The number of halogens is 1. The molecular weight excluding hydrogens is 296 g/mol. The first-order valence-corrected chi connectivity index (χ1v) is 7.23. The molecule has 0 fully saturated rings. The molecule has 0 unspecified atom stereocenters. The smallest absolute Gasteiger partial charge is 0.336 e. The first-order chi connectivity index (χ1) is 9.61. The molecule has 0 aliphatic heterocycles. The lowest BCUT2D eigenvalue weighted by Gasteiger charge is -2.06. The van der Waals surface area contributed by atoms with Crippen LogP contribution in [0.3, 0.4) is 0 Å². The Labute approximate surface area is 124 Å². The Bertz CT molecular complexity index is 819. The quantitative estimate of drug-likeness (QED) is 0.673. The van der Waals surface area contributed by atoms with E-state index in [1.54, 1.807) is 6.07 Å². The summed E-state index contributed by atoms with van der Waals surface area (Å²) < 4.78 is 11.6. The van der Waals surface area contributed by atoms with E-state index in [1.165, 1.54) is 17.4 Å². The third-order valence-electron chi connectivity index (χ3n) is 2.93. The first-order valence-electron chi connectivity index (χ1n) is 6.03. The minimum Gasteiger partial charge on any atom is -0.488 e. The van der Waals surface area contributed by atoms with Crippen LogP contribution in [0.2, 0.25) is 4.34 Å². The number of benzene rings is 1. The molecule has 0 saturated carbocycles. The molecule has 0 saturated heterocycles. The number of hydrogen-bond acceptors (Lipinski definition) is 4. The maximum absolute atomic E-state index is 11.4. The summed E-state index contributed by atoms with van der Waals surface area (Å²) in [4.78, 5) is 12.4. The largest absolute Gasteiger partial charge is 0.488 e. The van der Waals surface area contributed by atoms with Gasteiger partial charge in [-0.05, 0) is 36.8 Å². The minimum absolute atomic E-state index is 0.350. The van der Waals surface area contributed by atoms with Crippen LogP contribution >= 0.6 is 22.9 Å². The van der Waals surface area contributed by atoms with Crippen LogP contribution < -0.4 is 10.4 Å². The zero-order valence-corrected chi connectivity index (χ0v) is 12.3. The Kier molecular flexibility index (Phi) is 3.51. The van der Waals surface area contributed by atoms with Crippen molar-refractivity contribution < 1.29 is 9.15 Å². The minimum atomic E-state index is -0.350. The molecular formula is C15H11ClO3S. The lowest BCUT2D eigenvalue weighted by Crippen LogP contribution is -1.98. The van der Waals surface area contributed by atoms with Gasteiger partial charge in [-0.3, -0.25) is 0 Å². The van der Waals surface area contributed by atoms with Gasteiger partial charge in [-0.1, -0.05) is 11.6 Å². The first kappa shape index (κ1) is 13.2. The molecule has 2 aromatic heterocycles. The molecule has 0 aliphatic rings. The number of hydrogen-bond donors (Lipinski definition) is 0. The van der Waals surface area contributed by atoms with Crippen LogP contribution in [0.5, 0.6) is 5.75 Å². The van der Waals surface area contributed by atoms with Gasteiger partial charge in [0.15, 0.2) is 0 Å². The molecule has 0 aliphatic carbocycles. The van der Waals surface area contributed by atoms with Crippen LogP contribution in [0, 0.1) is 6.92 Å². The van der Waals surface area contributed by atoms with E-state index in [9.17, 15) is 4.79 Å². The van der Waals surface area contributed by atoms with Crippen LogP contribution in [-0.2, 0) is 6.61 Å². The van der Waals surface area contributed by atoms with E-state index in [1.807, 2.05) is 31.2 Å². The Morgan fingerprint density at radius 1 is 1.25 bits per heavy atom. The van der Waals surface area contributed by atoms with Crippen molar-refractivity contribution in [2.75, 3.05) is 0 Å². The van der Waals surface area contributed by atoms with Crippen molar-refractivity contribution in [1.29, 1.82) is 0 Å². The van der Waals surface area contributed by atoms with Crippen molar-refractivity contribution in [3.63, 3.8) is 0 Å². The van der Waals surface area contributed by atoms with Gasteiger partial charge < -0.3 is 9.15 Å². The average Bonchev–Trinajstić information content (AvgIpc) is 2.81. The molecule has 0 spiro atoms. The second-order valence-corrected chi connectivity index (χ2v) is 6.20. The van der Waals surface area contributed by atoms with Crippen molar-refractivity contribution in [3.05, 3.63) is 61.6 Å². The van der Waals surface area contributed by atoms with Crippen LogP contribution in [0.25, 0.3) is 11.0 Å². The highest BCUT2D eigenvalue weighted by Gasteiger charge is 2.05. The summed E-state index contributed by atoms with van der Waals surface area (Å²) in [5, 5.41) is 0.913. The zero-order chi connectivity index (χ0) is 14.1. The SMILES string of the molecule is Cc1cc(=O)oc2cc(OCc3ccc(Cl)s3)ccc12. The van der Waals surface area contributed by atoms with Gasteiger partial charge in [-0.15, -0.1) is 11.3 Å². The van der Waals surface area contributed by atoms with Crippen molar-refractivity contribution in [2.45, 2.75) is 13.5 Å². The van der Waals surface area contributed by atoms with Gasteiger partial charge in [0.25, 0.3) is 0 Å². The van der Waals surface area contributed by atoms with Gasteiger partial charge in [-0.25, -0.2) is 4.79 Å². The highest BCUT2D eigenvalue weighted by Crippen LogP contribution is 2.25. The monoisotopic (exact) mass is 306 g/mol. The summed E-state index contributed by atoms with van der Waals surface area (Å²) in [6.45, 7) is 2.33. The van der Waals surface area contributed by atoms with E-state index < -0.39 is 0 Å². The van der Waals surface area contributed by atoms with Gasteiger partial charge in [-0.2, -0.15) is 0 Å². The van der Waals surface area contributed by atoms with Crippen LogP contribution in [0.15, 0.2) is 45.6 Å². The Morgan fingerprint density at radius 2 is 2.10 bits per heavy atom. The highest BCUT2D eigenvalue weighted by molar-refractivity contribution is 7.16. The summed E-state index contributed by atoms with van der Waals surface area (Å²) in [6, 6.07) is 10.7. The van der Waals surface area contributed by atoms with Gasteiger partial charge in [0.1, 0.15) is 17.9 Å². The highest BCUT2D eigenvalue weighted by atomic mass is 35.5. The van der Waals surface area contributed by atoms with Gasteiger partial charge in [0.2, 0.25) is 0 Å². The second kappa shape index (κ2) is 5.31. The normalized spacial score (nSPS) is 10.9. The molecule has 0 radical (unpaired) electrons. The molecule has 2 heterocycles. The molecule has 0 bridgehead atoms. The van der Waals surface area contributed by atoms with Crippen LogP contribution in [-0.4, -0.2) is 0 Å². The molecule has 1 aromatic carbocycles. The predicted molar refractivity (Wildman–Crippen MR) is 80.9 cm³/mol. The second-order valence-electron chi connectivity index (χ2n) is 4.40. The van der Waals surface area contributed by atoms with Crippen molar-refractivity contribution in [3.8, 4) is 5.75 Å². The summed E-state index contributed by atoms with van der Waals surface area (Å²) in [7, 11) is 0. The fraction of sp³-hybridized carbons (Fsp3) is 0.133.